The van der Waals surface area contributed by atoms with Crippen LogP contribution in [0.5, 0.6) is 11.5 Å². The first-order valence-corrected chi connectivity index (χ1v) is 16.1. The molecule has 0 unspecified atom stereocenters. The van der Waals surface area contributed by atoms with Crippen LogP contribution >= 0.6 is 0 Å². The van der Waals surface area contributed by atoms with Crippen molar-refractivity contribution in [3.63, 3.8) is 0 Å². The number of urea groups is 1. The minimum absolute atomic E-state index is 0.0208. The summed E-state index contributed by atoms with van der Waals surface area (Å²) in [4.78, 5) is 36.9. The number of piperidine rings is 1. The Kier molecular flexibility index (Phi) is 9.50. The number of hydrogen-bond donors (Lipinski definition) is 3. The van der Waals surface area contributed by atoms with Gasteiger partial charge in [0.1, 0.15) is 17.7 Å². The Hall–Kier alpha value is -5.11. The third-order valence-electron chi connectivity index (χ3n) is 8.76. The maximum absolute atomic E-state index is 13.5. The largest absolute Gasteiger partial charge is 0.493 e. The maximum atomic E-state index is 13.5. The highest BCUT2D eigenvalue weighted by Gasteiger charge is 2.32. The summed E-state index contributed by atoms with van der Waals surface area (Å²) in [5.41, 5.74) is 7.81. The normalized spacial score (nSPS) is 16.8. The van der Waals surface area contributed by atoms with Crippen molar-refractivity contribution < 1.29 is 32.2 Å². The van der Waals surface area contributed by atoms with Gasteiger partial charge in [-0.1, -0.05) is 12.1 Å². The molecule has 1 atom stereocenters. The molecule has 11 nitrogen and oxygen atoms in total. The van der Waals surface area contributed by atoms with Crippen LogP contribution in [0.1, 0.15) is 54.7 Å². The summed E-state index contributed by atoms with van der Waals surface area (Å²) in [6.45, 7) is 6.12. The Labute approximate surface area is 281 Å². The molecule has 0 radical (unpaired) electrons. The van der Waals surface area contributed by atoms with E-state index in [0.717, 1.165) is 49.3 Å². The molecule has 258 valence electrons. The van der Waals surface area contributed by atoms with Crippen LogP contribution < -0.4 is 30.7 Å². The first-order valence-electron chi connectivity index (χ1n) is 16.1. The van der Waals surface area contributed by atoms with Gasteiger partial charge in [0.15, 0.2) is 11.5 Å². The van der Waals surface area contributed by atoms with Crippen molar-refractivity contribution in [1.29, 1.82) is 0 Å². The predicted molar refractivity (Wildman–Crippen MR) is 180 cm³/mol. The van der Waals surface area contributed by atoms with E-state index < -0.39 is 23.8 Å². The van der Waals surface area contributed by atoms with E-state index in [1.165, 1.54) is 6.07 Å². The zero-order chi connectivity index (χ0) is 34.9. The van der Waals surface area contributed by atoms with Gasteiger partial charge in [-0.05, 0) is 74.2 Å². The van der Waals surface area contributed by atoms with Crippen molar-refractivity contribution in [3.8, 4) is 11.5 Å². The monoisotopic (exact) mass is 677 g/mol. The summed E-state index contributed by atoms with van der Waals surface area (Å²) in [5.74, 6) is 1.70. The molecule has 3 aromatic carbocycles. The number of anilines is 3. The number of aryl methyl sites for hydroxylation is 1. The number of nitrogen functional groups attached to an aromatic ring is 1. The number of hydrogen-bond acceptors (Lipinski definition) is 9. The quantitative estimate of drug-likeness (QED) is 0.177. The number of methoxy groups -OCH3 is 1. The number of amides is 3. The zero-order valence-corrected chi connectivity index (χ0v) is 27.4. The Balaban J connectivity index is 1.15. The van der Waals surface area contributed by atoms with E-state index in [1.807, 2.05) is 30.3 Å². The van der Waals surface area contributed by atoms with Crippen molar-refractivity contribution >= 4 is 40.0 Å². The van der Waals surface area contributed by atoms with Crippen molar-refractivity contribution in [2.24, 2.45) is 0 Å². The number of imide groups is 1. The molecule has 1 aromatic heterocycles. The van der Waals surface area contributed by atoms with Gasteiger partial charge in [0.05, 0.1) is 24.2 Å². The van der Waals surface area contributed by atoms with Gasteiger partial charge < -0.3 is 20.5 Å². The van der Waals surface area contributed by atoms with Crippen LogP contribution in [0.2, 0.25) is 0 Å². The van der Waals surface area contributed by atoms with Gasteiger partial charge in [-0.3, -0.25) is 19.9 Å². The first kappa shape index (κ1) is 33.8. The molecule has 0 bridgehead atoms. The Morgan fingerprint density at radius 1 is 1.04 bits per heavy atom. The zero-order valence-electron chi connectivity index (χ0n) is 27.4. The van der Waals surface area contributed by atoms with Gasteiger partial charge in [-0.2, -0.15) is 13.2 Å². The molecule has 2 saturated heterocycles. The molecule has 2 aliphatic heterocycles. The fraction of sp³-hybridized carbons (Fsp3) is 0.371. The summed E-state index contributed by atoms with van der Waals surface area (Å²) >= 11 is 0. The number of ether oxygens (including phenoxy) is 2. The van der Waals surface area contributed by atoms with Gasteiger partial charge in [-0.25, -0.2) is 14.8 Å². The highest BCUT2D eigenvalue weighted by molar-refractivity contribution is 6.05. The smallest absolute Gasteiger partial charge is 0.416 e. The van der Waals surface area contributed by atoms with Crippen molar-refractivity contribution in [1.82, 2.24) is 20.2 Å². The molecule has 6 rings (SSSR count). The number of rotatable bonds is 9. The number of nitrogens with two attached hydrogens (primary N) is 1. The minimum atomic E-state index is -4.53. The predicted octanol–water partition coefficient (Wildman–Crippen LogP) is 6.21. The molecular formula is C35H38F3N7O4. The SMILES string of the molecule is COc1cc2nc(C)nc(N[C@H](C)c3cc(N)cc(C(F)(F)F)c3)c2cc1OC1CCN(Cc2cccc(N3CCC(=O)NC3=O)c2)CC1. The number of nitrogens with zero attached hydrogens (tertiary/aromatic N) is 4. The van der Waals surface area contributed by atoms with E-state index >= 15 is 0 Å². The minimum Gasteiger partial charge on any atom is -0.493 e. The van der Waals surface area contributed by atoms with Gasteiger partial charge in [0.25, 0.3) is 0 Å². The van der Waals surface area contributed by atoms with E-state index in [2.05, 4.69) is 25.5 Å². The second-order valence-electron chi connectivity index (χ2n) is 12.4. The van der Waals surface area contributed by atoms with E-state index in [0.29, 0.717) is 52.7 Å². The van der Waals surface area contributed by atoms with E-state index in [9.17, 15) is 22.8 Å². The molecule has 2 aliphatic rings. The number of aromatic nitrogens is 2. The number of fused-ring (bicyclic) bond motifs is 1. The lowest BCUT2D eigenvalue weighted by Crippen LogP contribution is -2.49. The number of alkyl halides is 3. The van der Waals surface area contributed by atoms with Crippen molar-refractivity contribution in [2.75, 3.05) is 42.7 Å². The topological polar surface area (TPSA) is 135 Å². The number of benzene rings is 3. The maximum Gasteiger partial charge on any atom is 0.416 e. The molecule has 3 heterocycles. The van der Waals surface area contributed by atoms with Crippen molar-refractivity contribution in [3.05, 3.63) is 77.1 Å². The Bertz CT molecular complexity index is 1880. The molecule has 0 aliphatic carbocycles. The van der Waals surface area contributed by atoms with Gasteiger partial charge >= 0.3 is 12.2 Å². The van der Waals surface area contributed by atoms with E-state index in [4.69, 9.17) is 15.2 Å². The number of halogens is 3. The average Bonchev–Trinajstić information content (AvgIpc) is 3.05. The summed E-state index contributed by atoms with van der Waals surface area (Å²) in [6.07, 6.45) is -2.81. The summed E-state index contributed by atoms with van der Waals surface area (Å²) < 4.78 is 52.6. The molecule has 0 spiro atoms. The molecule has 14 heteroatoms. The standard InChI is InChI=1S/C35H38F3N7O4/c1-20(23-14-24(35(36,37)38)16-25(39)15-23)40-33-28-17-31(30(48-3)18-29(28)41-21(2)42-33)49-27-7-10-44(11-8-27)19-22-5-4-6-26(13-22)45-12-9-32(46)43-34(45)47/h4-6,13-18,20,27H,7-12,19,39H2,1-3H3,(H,40,41,42)(H,43,46,47)/t20-/m1/s1. The van der Waals surface area contributed by atoms with Crippen molar-refractivity contribution in [2.45, 2.75) is 58.0 Å². The molecule has 4 N–H and O–H groups in total. The van der Waals surface area contributed by atoms with Gasteiger partial charge in [0.2, 0.25) is 5.91 Å². The highest BCUT2D eigenvalue weighted by atomic mass is 19.4. The number of nitrogens with one attached hydrogen (secondary N) is 2. The fourth-order valence-electron chi connectivity index (χ4n) is 6.25. The molecule has 49 heavy (non-hydrogen) atoms. The average molecular weight is 678 g/mol. The van der Waals surface area contributed by atoms with Crippen LogP contribution in [0.25, 0.3) is 10.9 Å². The fourth-order valence-corrected chi connectivity index (χ4v) is 6.25. The number of carbonyl (C=O) groups excluding carboxylic acids is 2. The molecule has 3 amide bonds. The van der Waals surface area contributed by atoms with Crippen LogP contribution in [0.15, 0.2) is 54.6 Å². The molecule has 2 fully saturated rings. The van der Waals surface area contributed by atoms with E-state index in [-0.39, 0.29) is 24.1 Å². The van der Waals surface area contributed by atoms with Crippen LogP contribution in [0.3, 0.4) is 0 Å². The van der Waals surface area contributed by atoms with Gasteiger partial charge in [0, 0.05) is 55.4 Å². The summed E-state index contributed by atoms with van der Waals surface area (Å²) in [6, 6.07) is 13.9. The molecule has 0 saturated carbocycles. The third kappa shape index (κ3) is 7.80. The Morgan fingerprint density at radius 2 is 1.82 bits per heavy atom. The molecule has 4 aromatic rings. The number of likely N-dealkylation sites (tertiary alicyclic amines) is 1. The Morgan fingerprint density at radius 3 is 2.53 bits per heavy atom. The third-order valence-corrected chi connectivity index (χ3v) is 8.76. The second-order valence-corrected chi connectivity index (χ2v) is 12.4. The van der Waals surface area contributed by atoms with Crippen LogP contribution in [0, 0.1) is 6.92 Å². The molecular weight excluding hydrogens is 639 g/mol. The van der Waals surface area contributed by atoms with Gasteiger partial charge in [-0.15, -0.1) is 0 Å². The summed E-state index contributed by atoms with van der Waals surface area (Å²) in [5, 5.41) is 6.26. The van der Waals surface area contributed by atoms with Crippen LogP contribution in [0.4, 0.5) is 35.2 Å². The lowest BCUT2D eigenvalue weighted by atomic mass is 10.0. The highest BCUT2D eigenvalue weighted by Crippen LogP contribution is 2.38. The van der Waals surface area contributed by atoms with E-state index in [1.54, 1.807) is 31.9 Å². The first-order chi connectivity index (χ1) is 23.4. The lowest BCUT2D eigenvalue weighted by molar-refractivity contribution is -0.137. The summed E-state index contributed by atoms with van der Waals surface area (Å²) in [7, 11) is 1.56. The second kappa shape index (κ2) is 13.8. The lowest BCUT2D eigenvalue weighted by Gasteiger charge is -2.33. The number of carbonyl (C=O) groups is 2. The van der Waals surface area contributed by atoms with Crippen LogP contribution in [-0.4, -0.2) is 59.7 Å². The van der Waals surface area contributed by atoms with Crippen LogP contribution in [-0.2, 0) is 17.5 Å².